The lowest BCUT2D eigenvalue weighted by atomic mass is 9.77. The van der Waals surface area contributed by atoms with Crippen LogP contribution in [0.3, 0.4) is 0 Å². The fourth-order valence-electron chi connectivity index (χ4n) is 4.26. The smallest absolute Gasteiger partial charge is 0.232 e. The molecule has 178 valence electrons. The lowest BCUT2D eigenvalue weighted by Crippen LogP contribution is -2.56. The number of alkyl halides is 1. The van der Waals surface area contributed by atoms with Gasteiger partial charge in [0.2, 0.25) is 5.88 Å². The highest BCUT2D eigenvalue weighted by molar-refractivity contribution is 7.93. The Balaban J connectivity index is 1.62. The molecule has 1 spiro atoms. The number of aromatic nitrogens is 2. The molecule has 2 aromatic rings. The zero-order chi connectivity index (χ0) is 23.9. The maximum absolute atomic E-state index is 13.1. The maximum atomic E-state index is 13.1. The molecule has 2 atom stereocenters. The minimum absolute atomic E-state index is 0.113. The number of anilines is 1. The van der Waals surface area contributed by atoms with Crippen molar-refractivity contribution in [3.05, 3.63) is 47.4 Å². The zero-order valence-corrected chi connectivity index (χ0v) is 19.4. The van der Waals surface area contributed by atoms with Crippen LogP contribution in [0.1, 0.15) is 49.7 Å². The number of rotatable bonds is 6. The Morgan fingerprint density at radius 1 is 1.30 bits per heavy atom. The number of aliphatic imine (C=N–C) groups is 1. The summed E-state index contributed by atoms with van der Waals surface area (Å²) in [5.74, 6) is 0.167. The standard InChI is InChI=1S/C22H28FN5O4S/c1-21(2)20(24)28-22(13-33(21,30)31)7-3-4-14-5-6-15(10-16(14)22)27-19(29)17-11-26-18(12-25-17)32-9-8-23/h5-6,10-12,19,27,29H,3-4,7-9,13H2,1-2H3,(H2,24,28). The van der Waals surface area contributed by atoms with Crippen LogP contribution in [0.25, 0.3) is 0 Å². The molecule has 0 saturated heterocycles. The van der Waals surface area contributed by atoms with Gasteiger partial charge in [0.1, 0.15) is 35.1 Å². The van der Waals surface area contributed by atoms with Crippen LogP contribution in [-0.4, -0.2) is 53.1 Å². The molecule has 1 aromatic carbocycles. The van der Waals surface area contributed by atoms with Gasteiger partial charge in [-0.1, -0.05) is 6.07 Å². The number of nitrogens with zero attached hydrogens (tertiary/aromatic N) is 3. The van der Waals surface area contributed by atoms with Crippen LogP contribution in [-0.2, 0) is 21.8 Å². The number of aliphatic hydroxyl groups excluding tert-OH is 1. The van der Waals surface area contributed by atoms with E-state index in [1.807, 2.05) is 18.2 Å². The van der Waals surface area contributed by atoms with Crippen molar-refractivity contribution in [3.63, 3.8) is 0 Å². The summed E-state index contributed by atoms with van der Waals surface area (Å²) < 4.78 is 42.2. The number of fused-ring (bicyclic) bond motifs is 2. The van der Waals surface area contributed by atoms with Crippen molar-refractivity contribution in [1.82, 2.24) is 9.97 Å². The van der Waals surface area contributed by atoms with Crippen molar-refractivity contribution in [2.24, 2.45) is 10.7 Å². The van der Waals surface area contributed by atoms with E-state index in [1.54, 1.807) is 13.8 Å². The zero-order valence-electron chi connectivity index (χ0n) is 18.6. The average Bonchev–Trinajstić information content (AvgIpc) is 2.77. The summed E-state index contributed by atoms with van der Waals surface area (Å²) in [4.78, 5) is 12.8. The van der Waals surface area contributed by atoms with E-state index in [4.69, 9.17) is 15.5 Å². The van der Waals surface area contributed by atoms with E-state index in [1.165, 1.54) is 12.4 Å². The third-order valence-corrected chi connectivity index (χ3v) is 8.99. The third kappa shape index (κ3) is 4.26. The Morgan fingerprint density at radius 2 is 2.09 bits per heavy atom. The summed E-state index contributed by atoms with van der Waals surface area (Å²) in [5.41, 5.74) is 7.86. The molecule has 0 bridgehead atoms. The predicted molar refractivity (Wildman–Crippen MR) is 123 cm³/mol. The molecule has 2 unspecified atom stereocenters. The van der Waals surface area contributed by atoms with E-state index in [9.17, 15) is 17.9 Å². The highest BCUT2D eigenvalue weighted by Gasteiger charge is 2.51. The van der Waals surface area contributed by atoms with Crippen LogP contribution in [0, 0.1) is 0 Å². The van der Waals surface area contributed by atoms with E-state index in [0.717, 1.165) is 24.0 Å². The number of nitrogens with two attached hydrogens (primary N) is 1. The average molecular weight is 478 g/mol. The van der Waals surface area contributed by atoms with Crippen LogP contribution in [0.5, 0.6) is 5.88 Å². The molecule has 4 N–H and O–H groups in total. The van der Waals surface area contributed by atoms with Gasteiger partial charge in [-0.05, 0) is 56.4 Å². The van der Waals surface area contributed by atoms with Crippen molar-refractivity contribution >= 4 is 21.4 Å². The van der Waals surface area contributed by atoms with E-state index < -0.39 is 33.0 Å². The Labute approximate surface area is 192 Å². The van der Waals surface area contributed by atoms with Gasteiger partial charge in [-0.25, -0.2) is 22.8 Å². The molecular formula is C22H28FN5O4S. The minimum atomic E-state index is -3.53. The van der Waals surface area contributed by atoms with Crippen molar-refractivity contribution in [3.8, 4) is 5.88 Å². The van der Waals surface area contributed by atoms with Gasteiger partial charge in [0.15, 0.2) is 16.1 Å². The fourth-order valence-corrected chi connectivity index (χ4v) is 5.98. The molecule has 4 rings (SSSR count). The van der Waals surface area contributed by atoms with E-state index in [-0.39, 0.29) is 29.8 Å². The van der Waals surface area contributed by atoms with Crippen LogP contribution >= 0.6 is 0 Å². The fraction of sp³-hybridized carbons (Fsp3) is 0.500. The molecule has 0 saturated carbocycles. The van der Waals surface area contributed by atoms with Crippen molar-refractivity contribution < 1.29 is 22.7 Å². The number of hydrogen-bond acceptors (Lipinski definition) is 9. The first-order valence-electron chi connectivity index (χ1n) is 10.7. The van der Waals surface area contributed by atoms with Gasteiger partial charge in [-0.3, -0.25) is 4.99 Å². The Bertz CT molecular complexity index is 1170. The lowest BCUT2D eigenvalue weighted by Gasteiger charge is -2.43. The van der Waals surface area contributed by atoms with E-state index >= 15 is 0 Å². The van der Waals surface area contributed by atoms with Gasteiger partial charge < -0.3 is 20.9 Å². The predicted octanol–water partition coefficient (Wildman–Crippen LogP) is 2.02. The molecule has 1 aliphatic carbocycles. The normalized spacial score (nSPS) is 23.9. The monoisotopic (exact) mass is 477 g/mol. The summed E-state index contributed by atoms with van der Waals surface area (Å²) in [5, 5.41) is 13.5. The number of halogens is 1. The number of hydrogen-bond donors (Lipinski definition) is 3. The molecule has 1 aliphatic heterocycles. The van der Waals surface area contributed by atoms with Gasteiger partial charge in [-0.2, -0.15) is 0 Å². The largest absolute Gasteiger partial charge is 0.474 e. The van der Waals surface area contributed by atoms with Gasteiger partial charge in [0.25, 0.3) is 0 Å². The first kappa shape index (κ1) is 23.4. The highest BCUT2D eigenvalue weighted by atomic mass is 32.2. The molecule has 0 fully saturated rings. The number of aliphatic hydroxyl groups is 1. The minimum Gasteiger partial charge on any atom is -0.474 e. The first-order chi connectivity index (χ1) is 15.6. The summed E-state index contributed by atoms with van der Waals surface area (Å²) in [6.45, 7) is 2.41. The molecule has 2 heterocycles. The number of sulfone groups is 1. The molecule has 1 aromatic heterocycles. The second-order valence-electron chi connectivity index (χ2n) is 8.89. The molecule has 33 heavy (non-hydrogen) atoms. The van der Waals surface area contributed by atoms with Crippen LogP contribution in [0.2, 0.25) is 0 Å². The van der Waals surface area contributed by atoms with Gasteiger partial charge in [0, 0.05) is 5.69 Å². The van der Waals surface area contributed by atoms with E-state index in [2.05, 4.69) is 15.3 Å². The summed E-state index contributed by atoms with van der Waals surface area (Å²) in [7, 11) is -3.53. The second kappa shape index (κ2) is 8.53. The molecular weight excluding hydrogens is 449 g/mol. The number of benzene rings is 1. The van der Waals surface area contributed by atoms with Gasteiger partial charge in [0.05, 0.1) is 18.1 Å². The quantitative estimate of drug-likeness (QED) is 0.537. The van der Waals surface area contributed by atoms with E-state index in [0.29, 0.717) is 12.1 Å². The SMILES string of the molecule is CC1(C)C(N)=NC2(CCCc3ccc(NC(O)c4cnc(OCCF)cn4)cc32)CS1(=O)=O. The molecule has 2 aliphatic rings. The number of ether oxygens (including phenoxy) is 1. The molecule has 0 amide bonds. The topological polar surface area (TPSA) is 140 Å². The number of aryl methyl sites for hydroxylation is 1. The molecule has 11 heteroatoms. The Morgan fingerprint density at radius 3 is 2.76 bits per heavy atom. The number of amidine groups is 1. The second-order valence-corrected chi connectivity index (χ2v) is 11.4. The van der Waals surface area contributed by atoms with Crippen LogP contribution < -0.4 is 15.8 Å². The highest BCUT2D eigenvalue weighted by Crippen LogP contribution is 2.45. The molecule has 0 radical (unpaired) electrons. The molecule has 9 nitrogen and oxygen atoms in total. The van der Waals surface area contributed by atoms with Crippen LogP contribution in [0.15, 0.2) is 35.6 Å². The maximum Gasteiger partial charge on any atom is 0.232 e. The van der Waals surface area contributed by atoms with Gasteiger partial charge in [-0.15, -0.1) is 0 Å². The Kier molecular flexibility index (Phi) is 6.04. The third-order valence-electron chi connectivity index (χ3n) is 6.36. The van der Waals surface area contributed by atoms with Crippen molar-refractivity contribution in [2.75, 3.05) is 24.4 Å². The number of nitrogens with one attached hydrogen (secondary N) is 1. The van der Waals surface area contributed by atoms with Gasteiger partial charge >= 0.3 is 0 Å². The van der Waals surface area contributed by atoms with Crippen molar-refractivity contribution in [1.29, 1.82) is 0 Å². The summed E-state index contributed by atoms with van der Waals surface area (Å²) in [6, 6.07) is 5.57. The lowest BCUT2D eigenvalue weighted by molar-refractivity contribution is 0.201. The first-order valence-corrected chi connectivity index (χ1v) is 12.4. The summed E-state index contributed by atoms with van der Waals surface area (Å²) in [6.07, 6.45) is 3.67. The summed E-state index contributed by atoms with van der Waals surface area (Å²) >= 11 is 0. The van der Waals surface area contributed by atoms with Crippen molar-refractivity contribution in [2.45, 2.75) is 49.6 Å². The van der Waals surface area contributed by atoms with Crippen LogP contribution in [0.4, 0.5) is 10.1 Å². The Hall–Kier alpha value is -2.79.